The van der Waals surface area contributed by atoms with Gasteiger partial charge in [-0.15, -0.1) is 5.10 Å². The van der Waals surface area contributed by atoms with Crippen LogP contribution < -0.4 is 5.32 Å². The SMILES string of the molecule is CNC(c1c(Br)nnn1C)C1(C)CCCS1. The van der Waals surface area contributed by atoms with Crippen molar-refractivity contribution < 1.29 is 0 Å². The number of hydrogen-bond acceptors (Lipinski definition) is 4. The number of aryl methyl sites for hydroxylation is 1. The van der Waals surface area contributed by atoms with E-state index in [0.29, 0.717) is 0 Å². The Kier molecular flexibility index (Phi) is 3.61. The van der Waals surface area contributed by atoms with Crippen LogP contribution in [0.1, 0.15) is 31.5 Å². The molecule has 90 valence electrons. The van der Waals surface area contributed by atoms with E-state index in [1.165, 1.54) is 18.6 Å². The van der Waals surface area contributed by atoms with Crippen LogP contribution in [-0.2, 0) is 7.05 Å². The maximum absolute atomic E-state index is 4.07. The van der Waals surface area contributed by atoms with E-state index in [1.54, 1.807) is 0 Å². The van der Waals surface area contributed by atoms with Crippen molar-refractivity contribution in [2.45, 2.75) is 30.6 Å². The summed E-state index contributed by atoms with van der Waals surface area (Å²) < 4.78 is 2.95. The van der Waals surface area contributed by atoms with Crippen LogP contribution in [-0.4, -0.2) is 32.5 Å². The summed E-state index contributed by atoms with van der Waals surface area (Å²) in [5, 5.41) is 11.5. The van der Waals surface area contributed by atoms with Crippen molar-refractivity contribution in [2.24, 2.45) is 7.05 Å². The molecule has 1 saturated heterocycles. The van der Waals surface area contributed by atoms with E-state index in [-0.39, 0.29) is 10.8 Å². The summed E-state index contributed by atoms with van der Waals surface area (Å²) in [5.41, 5.74) is 1.14. The van der Waals surface area contributed by atoms with Crippen molar-refractivity contribution in [3.8, 4) is 0 Å². The predicted molar refractivity (Wildman–Crippen MR) is 70.6 cm³/mol. The number of thioether (sulfide) groups is 1. The largest absolute Gasteiger partial charge is 0.310 e. The average molecular weight is 305 g/mol. The van der Waals surface area contributed by atoms with Crippen LogP contribution in [0.5, 0.6) is 0 Å². The molecule has 0 spiro atoms. The summed E-state index contributed by atoms with van der Waals surface area (Å²) in [7, 11) is 3.95. The lowest BCUT2D eigenvalue weighted by molar-refractivity contribution is 0.416. The molecule has 4 nitrogen and oxygen atoms in total. The zero-order valence-corrected chi connectivity index (χ0v) is 12.2. The third-order valence-electron chi connectivity index (χ3n) is 3.25. The van der Waals surface area contributed by atoms with Crippen molar-refractivity contribution in [3.63, 3.8) is 0 Å². The summed E-state index contributed by atoms with van der Waals surface area (Å²) in [4.78, 5) is 0. The van der Waals surface area contributed by atoms with Gasteiger partial charge in [0.05, 0.1) is 11.7 Å². The second-order valence-electron chi connectivity index (χ2n) is 4.38. The first-order chi connectivity index (χ1) is 7.58. The zero-order chi connectivity index (χ0) is 11.8. The Bertz CT molecular complexity index is 353. The zero-order valence-electron chi connectivity index (χ0n) is 9.83. The van der Waals surface area contributed by atoms with Gasteiger partial charge in [0.2, 0.25) is 0 Å². The molecule has 0 aromatic carbocycles. The van der Waals surface area contributed by atoms with Crippen molar-refractivity contribution in [3.05, 3.63) is 10.3 Å². The molecule has 0 saturated carbocycles. The maximum Gasteiger partial charge on any atom is 0.153 e. The Morgan fingerprint density at radius 3 is 2.81 bits per heavy atom. The molecule has 1 aliphatic rings. The molecule has 1 fully saturated rings. The van der Waals surface area contributed by atoms with Gasteiger partial charge in [0.1, 0.15) is 0 Å². The summed E-state index contributed by atoms with van der Waals surface area (Å²) >= 11 is 5.53. The smallest absolute Gasteiger partial charge is 0.153 e. The number of rotatable bonds is 3. The number of aromatic nitrogens is 3. The highest BCUT2D eigenvalue weighted by Gasteiger charge is 2.40. The number of nitrogens with zero attached hydrogens (tertiary/aromatic N) is 3. The normalized spacial score (nSPS) is 27.2. The first-order valence-corrected chi connectivity index (χ1v) is 7.22. The van der Waals surface area contributed by atoms with Crippen LogP contribution in [0.15, 0.2) is 4.60 Å². The van der Waals surface area contributed by atoms with Crippen molar-refractivity contribution in [2.75, 3.05) is 12.8 Å². The number of nitrogens with one attached hydrogen (secondary N) is 1. The topological polar surface area (TPSA) is 42.7 Å². The van der Waals surface area contributed by atoms with E-state index in [0.717, 1.165) is 10.3 Å². The van der Waals surface area contributed by atoms with Crippen LogP contribution >= 0.6 is 27.7 Å². The lowest BCUT2D eigenvalue weighted by Crippen LogP contribution is -2.37. The van der Waals surface area contributed by atoms with Crippen molar-refractivity contribution in [1.29, 1.82) is 0 Å². The minimum Gasteiger partial charge on any atom is -0.310 e. The summed E-state index contributed by atoms with van der Waals surface area (Å²) in [5.74, 6) is 1.25. The average Bonchev–Trinajstić information content (AvgIpc) is 2.80. The summed E-state index contributed by atoms with van der Waals surface area (Å²) in [6.07, 6.45) is 2.53. The first kappa shape index (κ1) is 12.4. The van der Waals surface area contributed by atoms with E-state index >= 15 is 0 Å². The minimum atomic E-state index is 0.243. The highest BCUT2D eigenvalue weighted by molar-refractivity contribution is 9.10. The fourth-order valence-corrected chi connectivity index (χ4v) is 4.40. The summed E-state index contributed by atoms with van der Waals surface area (Å²) in [6, 6.07) is 0.286. The van der Waals surface area contributed by atoms with E-state index in [1.807, 2.05) is 30.5 Å². The molecule has 2 rings (SSSR count). The van der Waals surface area contributed by atoms with Crippen LogP contribution in [0.4, 0.5) is 0 Å². The maximum atomic E-state index is 4.07. The van der Waals surface area contributed by atoms with Gasteiger partial charge >= 0.3 is 0 Å². The molecule has 1 N–H and O–H groups in total. The molecule has 1 aliphatic heterocycles. The van der Waals surface area contributed by atoms with E-state index in [4.69, 9.17) is 0 Å². The molecule has 16 heavy (non-hydrogen) atoms. The van der Waals surface area contributed by atoms with Gasteiger partial charge in [-0.1, -0.05) is 5.21 Å². The van der Waals surface area contributed by atoms with E-state index in [2.05, 4.69) is 38.5 Å². The Morgan fingerprint density at radius 2 is 2.38 bits per heavy atom. The van der Waals surface area contributed by atoms with Crippen molar-refractivity contribution in [1.82, 2.24) is 20.3 Å². The second kappa shape index (κ2) is 4.66. The number of hydrogen-bond donors (Lipinski definition) is 1. The van der Waals surface area contributed by atoms with Gasteiger partial charge in [-0.3, -0.25) is 0 Å². The predicted octanol–water partition coefficient (Wildman–Crippen LogP) is 2.12. The molecule has 6 heteroatoms. The van der Waals surface area contributed by atoms with Crippen LogP contribution in [0.2, 0.25) is 0 Å². The molecule has 1 aromatic rings. The van der Waals surface area contributed by atoms with Gasteiger partial charge in [-0.2, -0.15) is 11.8 Å². The van der Waals surface area contributed by atoms with Gasteiger partial charge in [-0.05, 0) is 48.5 Å². The lowest BCUT2D eigenvalue weighted by Gasteiger charge is -2.33. The van der Waals surface area contributed by atoms with Gasteiger partial charge in [0.15, 0.2) is 4.60 Å². The molecule has 0 amide bonds. The third kappa shape index (κ3) is 2.02. The van der Waals surface area contributed by atoms with Crippen LogP contribution in [0, 0.1) is 0 Å². The molecule has 0 bridgehead atoms. The first-order valence-electron chi connectivity index (χ1n) is 5.45. The monoisotopic (exact) mass is 304 g/mol. The fraction of sp³-hybridized carbons (Fsp3) is 0.800. The van der Waals surface area contributed by atoms with Gasteiger partial charge in [0.25, 0.3) is 0 Å². The van der Waals surface area contributed by atoms with Gasteiger partial charge < -0.3 is 5.32 Å². The summed E-state index contributed by atoms with van der Waals surface area (Å²) in [6.45, 7) is 2.32. The Balaban J connectivity index is 2.36. The van der Waals surface area contributed by atoms with Crippen molar-refractivity contribution >= 4 is 27.7 Å². The van der Waals surface area contributed by atoms with Gasteiger partial charge in [0, 0.05) is 11.8 Å². The quantitative estimate of drug-likeness (QED) is 0.929. The Labute approximate surface area is 109 Å². The molecule has 2 unspecified atom stereocenters. The lowest BCUT2D eigenvalue weighted by atomic mass is 9.94. The molecule has 2 heterocycles. The van der Waals surface area contributed by atoms with Crippen LogP contribution in [0.3, 0.4) is 0 Å². The molecule has 2 atom stereocenters. The second-order valence-corrected chi connectivity index (χ2v) is 6.76. The highest BCUT2D eigenvalue weighted by atomic mass is 79.9. The third-order valence-corrected chi connectivity index (χ3v) is 5.41. The molecular weight excluding hydrogens is 288 g/mol. The highest BCUT2D eigenvalue weighted by Crippen LogP contribution is 2.47. The van der Waals surface area contributed by atoms with E-state index < -0.39 is 0 Å². The Morgan fingerprint density at radius 1 is 1.62 bits per heavy atom. The molecule has 0 aliphatic carbocycles. The number of halogens is 1. The van der Waals surface area contributed by atoms with Gasteiger partial charge in [-0.25, -0.2) is 4.68 Å². The fourth-order valence-electron chi connectivity index (χ4n) is 2.40. The molecular formula is C10H17BrN4S. The molecule has 0 radical (unpaired) electrons. The van der Waals surface area contributed by atoms with E-state index in [9.17, 15) is 0 Å². The minimum absolute atomic E-state index is 0.243. The Hall–Kier alpha value is -0.0700. The standard InChI is InChI=1S/C10H17BrN4S/c1-10(5-4-6-16-10)8(12-2)7-9(11)13-14-15(7)3/h8,12H,4-6H2,1-3H3. The molecule has 1 aromatic heterocycles. The van der Waals surface area contributed by atoms with Crippen LogP contribution in [0.25, 0.3) is 0 Å².